The number of anilines is 1. The molecule has 2 rings (SSSR count). The molecule has 1 aromatic carbocycles. The van der Waals surface area contributed by atoms with Crippen LogP contribution in [-0.4, -0.2) is 9.78 Å². The molecule has 0 aliphatic heterocycles. The maximum absolute atomic E-state index is 13.6. The molecule has 3 nitrogen and oxygen atoms in total. The van der Waals surface area contributed by atoms with Gasteiger partial charge >= 0.3 is 0 Å². The summed E-state index contributed by atoms with van der Waals surface area (Å²) in [5.74, 6) is -1.23. The molecule has 0 spiro atoms. The Morgan fingerprint density at radius 2 is 2.06 bits per heavy atom. The van der Waals surface area contributed by atoms with Crippen LogP contribution in [0.4, 0.5) is 14.5 Å². The molecular weight excluding hydrogens is 304 g/mol. The highest BCUT2D eigenvalue weighted by molar-refractivity contribution is 9.10. The second-order valence-electron chi connectivity index (χ2n) is 4.00. The van der Waals surface area contributed by atoms with Gasteiger partial charge in [-0.1, -0.05) is 0 Å². The van der Waals surface area contributed by atoms with Gasteiger partial charge in [0.05, 0.1) is 23.6 Å². The van der Waals surface area contributed by atoms with Crippen LogP contribution in [0.1, 0.15) is 11.4 Å². The van der Waals surface area contributed by atoms with Crippen LogP contribution in [0.25, 0.3) is 0 Å². The van der Waals surface area contributed by atoms with Gasteiger partial charge in [0, 0.05) is 17.6 Å². The maximum Gasteiger partial charge on any atom is 0.150 e. The summed E-state index contributed by atoms with van der Waals surface area (Å²) in [4.78, 5) is 0. The zero-order valence-corrected chi connectivity index (χ0v) is 11.6. The third-order valence-electron chi connectivity index (χ3n) is 2.55. The van der Waals surface area contributed by atoms with Gasteiger partial charge in [-0.2, -0.15) is 5.10 Å². The van der Waals surface area contributed by atoms with Crippen molar-refractivity contribution in [1.82, 2.24) is 9.78 Å². The summed E-state index contributed by atoms with van der Waals surface area (Å²) < 4.78 is 28.6. The van der Waals surface area contributed by atoms with E-state index in [9.17, 15) is 8.78 Å². The lowest BCUT2D eigenvalue weighted by molar-refractivity contribution is 0.583. The van der Waals surface area contributed by atoms with Gasteiger partial charge in [0.15, 0.2) is 0 Å². The van der Waals surface area contributed by atoms with Gasteiger partial charge in [0.25, 0.3) is 0 Å². The van der Waals surface area contributed by atoms with E-state index in [4.69, 9.17) is 0 Å². The first-order chi connectivity index (χ1) is 8.47. The third kappa shape index (κ3) is 2.69. The molecule has 0 amide bonds. The summed E-state index contributed by atoms with van der Waals surface area (Å²) in [7, 11) is 1.82. The maximum atomic E-state index is 13.6. The van der Waals surface area contributed by atoms with Gasteiger partial charge in [0.2, 0.25) is 0 Å². The van der Waals surface area contributed by atoms with Crippen molar-refractivity contribution in [1.29, 1.82) is 0 Å². The summed E-state index contributed by atoms with van der Waals surface area (Å²) in [6.45, 7) is 2.30. The molecule has 0 saturated carbocycles. The molecule has 1 aromatic heterocycles. The lowest BCUT2D eigenvalue weighted by Crippen LogP contribution is -2.07. The number of nitrogens with zero attached hydrogens (tertiary/aromatic N) is 2. The van der Waals surface area contributed by atoms with Gasteiger partial charge in [-0.15, -0.1) is 0 Å². The predicted octanol–water partition coefficient (Wildman–Crippen LogP) is 3.38. The summed E-state index contributed by atoms with van der Waals surface area (Å²) in [5, 5.41) is 7.12. The second kappa shape index (κ2) is 5.06. The molecule has 0 atom stereocenters. The van der Waals surface area contributed by atoms with Gasteiger partial charge in [-0.05, 0) is 35.0 Å². The lowest BCUT2D eigenvalue weighted by atomic mass is 10.3. The van der Waals surface area contributed by atoms with Crippen molar-refractivity contribution in [2.45, 2.75) is 13.5 Å². The molecule has 1 N–H and O–H groups in total. The fourth-order valence-electron chi connectivity index (χ4n) is 1.72. The molecule has 0 radical (unpaired) electrons. The van der Waals surface area contributed by atoms with Crippen molar-refractivity contribution in [3.63, 3.8) is 0 Å². The number of hydrogen-bond donors (Lipinski definition) is 1. The van der Waals surface area contributed by atoms with Crippen molar-refractivity contribution < 1.29 is 8.78 Å². The van der Waals surface area contributed by atoms with E-state index in [1.807, 2.05) is 20.0 Å². The van der Waals surface area contributed by atoms with Crippen LogP contribution < -0.4 is 5.32 Å². The largest absolute Gasteiger partial charge is 0.376 e. The summed E-state index contributed by atoms with van der Waals surface area (Å²) in [6.07, 6.45) is 0. The van der Waals surface area contributed by atoms with Crippen molar-refractivity contribution >= 4 is 21.6 Å². The Morgan fingerprint density at radius 3 is 2.61 bits per heavy atom. The first-order valence-corrected chi connectivity index (χ1v) is 6.14. The van der Waals surface area contributed by atoms with E-state index in [0.717, 1.165) is 17.5 Å². The molecule has 0 aliphatic rings. The number of halogens is 3. The van der Waals surface area contributed by atoms with Crippen molar-refractivity contribution in [2.75, 3.05) is 5.32 Å². The SMILES string of the molecule is Cc1cc(CNc2c(F)cc(F)cc2Br)n(C)n1. The van der Waals surface area contributed by atoms with E-state index < -0.39 is 11.6 Å². The van der Waals surface area contributed by atoms with Gasteiger partial charge in [-0.25, -0.2) is 8.78 Å². The Kier molecular flexibility index (Phi) is 3.65. The molecule has 1 heterocycles. The first kappa shape index (κ1) is 13.0. The van der Waals surface area contributed by atoms with Crippen LogP contribution in [0.3, 0.4) is 0 Å². The zero-order valence-electron chi connectivity index (χ0n) is 9.97. The molecule has 0 aliphatic carbocycles. The third-order valence-corrected chi connectivity index (χ3v) is 3.18. The van der Waals surface area contributed by atoms with Crippen LogP contribution in [0.15, 0.2) is 22.7 Å². The molecule has 96 valence electrons. The molecule has 0 bridgehead atoms. The first-order valence-electron chi connectivity index (χ1n) is 5.35. The normalized spacial score (nSPS) is 10.7. The number of nitrogens with one attached hydrogen (secondary N) is 1. The van der Waals surface area contributed by atoms with E-state index >= 15 is 0 Å². The Hall–Kier alpha value is -1.43. The van der Waals surface area contributed by atoms with E-state index in [1.165, 1.54) is 6.07 Å². The fraction of sp³-hybridized carbons (Fsp3) is 0.250. The van der Waals surface area contributed by atoms with E-state index in [2.05, 4.69) is 26.3 Å². The number of aryl methyl sites for hydroxylation is 2. The topological polar surface area (TPSA) is 29.9 Å². The number of rotatable bonds is 3. The van der Waals surface area contributed by atoms with Gasteiger partial charge in [-0.3, -0.25) is 4.68 Å². The van der Waals surface area contributed by atoms with Crippen molar-refractivity contribution in [2.24, 2.45) is 7.05 Å². The van der Waals surface area contributed by atoms with Crippen LogP contribution in [-0.2, 0) is 13.6 Å². The Bertz CT molecular complexity index is 558. The molecule has 18 heavy (non-hydrogen) atoms. The Morgan fingerprint density at radius 1 is 1.33 bits per heavy atom. The summed E-state index contributed by atoms with van der Waals surface area (Å²) in [5.41, 5.74) is 2.06. The minimum absolute atomic E-state index is 0.246. The quantitative estimate of drug-likeness (QED) is 0.941. The second-order valence-corrected chi connectivity index (χ2v) is 4.85. The van der Waals surface area contributed by atoms with E-state index in [-0.39, 0.29) is 5.69 Å². The highest BCUT2D eigenvalue weighted by atomic mass is 79.9. The number of benzene rings is 1. The highest BCUT2D eigenvalue weighted by Gasteiger charge is 2.10. The predicted molar refractivity (Wildman–Crippen MR) is 69.3 cm³/mol. The molecule has 0 saturated heterocycles. The number of hydrogen-bond acceptors (Lipinski definition) is 2. The van der Waals surface area contributed by atoms with Gasteiger partial charge in [0.1, 0.15) is 11.6 Å². The van der Waals surface area contributed by atoms with Crippen LogP contribution in [0.5, 0.6) is 0 Å². The molecular formula is C12H12BrF2N3. The minimum atomic E-state index is -0.624. The number of aromatic nitrogens is 2. The zero-order chi connectivity index (χ0) is 13.3. The van der Waals surface area contributed by atoms with E-state index in [1.54, 1.807) is 4.68 Å². The van der Waals surface area contributed by atoms with Crippen LogP contribution >= 0.6 is 15.9 Å². The van der Waals surface area contributed by atoms with Crippen molar-refractivity contribution in [3.8, 4) is 0 Å². The van der Waals surface area contributed by atoms with Crippen LogP contribution in [0, 0.1) is 18.6 Å². The fourth-order valence-corrected chi connectivity index (χ4v) is 2.27. The Balaban J connectivity index is 2.18. The average Bonchev–Trinajstić information content (AvgIpc) is 2.55. The lowest BCUT2D eigenvalue weighted by Gasteiger charge is -2.10. The Labute approximate surface area is 112 Å². The standard InChI is InChI=1S/C12H12BrF2N3/c1-7-3-9(18(2)17-7)6-16-12-10(13)4-8(14)5-11(12)15/h3-5,16H,6H2,1-2H3. The molecule has 2 aromatic rings. The van der Waals surface area contributed by atoms with Crippen LogP contribution in [0.2, 0.25) is 0 Å². The molecule has 0 unspecified atom stereocenters. The molecule has 6 heteroatoms. The van der Waals surface area contributed by atoms with E-state index in [0.29, 0.717) is 11.0 Å². The minimum Gasteiger partial charge on any atom is -0.376 e. The highest BCUT2D eigenvalue weighted by Crippen LogP contribution is 2.27. The van der Waals surface area contributed by atoms with Crippen molar-refractivity contribution in [3.05, 3.63) is 45.7 Å². The monoisotopic (exact) mass is 315 g/mol. The summed E-state index contributed by atoms with van der Waals surface area (Å²) in [6, 6.07) is 3.98. The summed E-state index contributed by atoms with van der Waals surface area (Å²) >= 11 is 3.13. The van der Waals surface area contributed by atoms with Gasteiger partial charge < -0.3 is 5.32 Å². The molecule has 0 fully saturated rings. The smallest absolute Gasteiger partial charge is 0.150 e. The average molecular weight is 316 g/mol.